The molecule has 1 aromatic rings. The fourth-order valence-corrected chi connectivity index (χ4v) is 1.34. The Morgan fingerprint density at radius 1 is 1.59 bits per heavy atom. The average molecular weight is 239 g/mol. The zero-order valence-electron chi connectivity index (χ0n) is 9.33. The summed E-state index contributed by atoms with van der Waals surface area (Å²) < 4.78 is 4.68. The highest BCUT2D eigenvalue weighted by Crippen LogP contribution is 2.21. The summed E-state index contributed by atoms with van der Waals surface area (Å²) in [5.41, 5.74) is 0.206. The van der Waals surface area contributed by atoms with Crippen LogP contribution in [0.1, 0.15) is 25.0 Å². The van der Waals surface area contributed by atoms with Crippen LogP contribution in [-0.4, -0.2) is 22.6 Å². The highest BCUT2D eigenvalue weighted by molar-refractivity contribution is 5.70. The van der Waals surface area contributed by atoms with Gasteiger partial charge in [-0.1, -0.05) is 12.1 Å². The number of carbonyl (C=O) groups excluding carboxylic acids is 1. The first-order chi connectivity index (χ1) is 8.04. The largest absolute Gasteiger partial charge is 0.466 e. The Labute approximate surface area is 98.0 Å². The lowest BCUT2D eigenvalue weighted by Crippen LogP contribution is -2.10. The van der Waals surface area contributed by atoms with Crippen molar-refractivity contribution in [2.75, 3.05) is 6.61 Å². The number of aliphatic hydroxyl groups excluding tert-OH is 1. The van der Waals surface area contributed by atoms with Crippen LogP contribution in [0.2, 0.25) is 0 Å². The Hall–Kier alpha value is -1.95. The molecule has 6 heteroatoms. The molecule has 0 aliphatic heterocycles. The maximum atomic E-state index is 11.1. The predicted octanol–water partition coefficient (Wildman–Crippen LogP) is 1.58. The van der Waals surface area contributed by atoms with E-state index in [4.69, 9.17) is 0 Å². The summed E-state index contributed by atoms with van der Waals surface area (Å²) in [5, 5.41) is 20.2. The van der Waals surface area contributed by atoms with E-state index in [2.05, 4.69) is 4.74 Å². The Morgan fingerprint density at radius 2 is 2.29 bits per heavy atom. The van der Waals surface area contributed by atoms with Gasteiger partial charge in [-0.25, -0.2) is 0 Å². The van der Waals surface area contributed by atoms with E-state index in [1.165, 1.54) is 24.3 Å². The van der Waals surface area contributed by atoms with Crippen LogP contribution in [0, 0.1) is 10.1 Å². The zero-order chi connectivity index (χ0) is 12.8. The van der Waals surface area contributed by atoms with E-state index in [0.29, 0.717) is 5.56 Å². The van der Waals surface area contributed by atoms with Gasteiger partial charge in [0.15, 0.2) is 0 Å². The number of nitrogens with zero attached hydrogens (tertiary/aromatic N) is 1. The quantitative estimate of drug-likeness (QED) is 0.478. The Balaban J connectivity index is 2.75. The van der Waals surface area contributed by atoms with Crippen LogP contribution in [0.25, 0.3) is 0 Å². The van der Waals surface area contributed by atoms with Crippen LogP contribution in [0.15, 0.2) is 24.3 Å². The van der Waals surface area contributed by atoms with Gasteiger partial charge in [0.1, 0.15) is 0 Å². The minimum absolute atomic E-state index is 0.120. The van der Waals surface area contributed by atoms with Gasteiger partial charge in [-0.05, 0) is 12.5 Å². The van der Waals surface area contributed by atoms with Gasteiger partial charge in [-0.15, -0.1) is 0 Å². The number of ether oxygens (including phenoxy) is 1. The van der Waals surface area contributed by atoms with E-state index >= 15 is 0 Å². The molecule has 0 radical (unpaired) electrons. The molecule has 17 heavy (non-hydrogen) atoms. The molecule has 0 aliphatic carbocycles. The third kappa shape index (κ3) is 3.84. The maximum absolute atomic E-state index is 11.1. The SMILES string of the molecule is CCOC(=O)C[C@H](O)c1cccc([N+](=O)[O-])c1. The molecule has 0 unspecified atom stereocenters. The van der Waals surface area contributed by atoms with Crippen LogP contribution >= 0.6 is 0 Å². The average Bonchev–Trinajstić information content (AvgIpc) is 2.29. The number of hydrogen-bond acceptors (Lipinski definition) is 5. The second-order valence-corrected chi connectivity index (χ2v) is 3.38. The summed E-state index contributed by atoms with van der Waals surface area (Å²) in [4.78, 5) is 21.1. The fraction of sp³-hybridized carbons (Fsp3) is 0.364. The molecule has 1 aromatic carbocycles. The highest BCUT2D eigenvalue weighted by Gasteiger charge is 2.16. The van der Waals surface area contributed by atoms with Crippen molar-refractivity contribution in [1.29, 1.82) is 0 Å². The number of aliphatic hydroxyl groups is 1. The fourth-order valence-electron chi connectivity index (χ4n) is 1.34. The molecule has 1 atom stereocenters. The Morgan fingerprint density at radius 3 is 2.88 bits per heavy atom. The first kappa shape index (κ1) is 13.1. The topological polar surface area (TPSA) is 89.7 Å². The first-order valence-corrected chi connectivity index (χ1v) is 5.12. The molecule has 0 aromatic heterocycles. The molecule has 0 spiro atoms. The minimum atomic E-state index is -1.09. The molecule has 0 bridgehead atoms. The van der Waals surface area contributed by atoms with Gasteiger partial charge in [0.2, 0.25) is 0 Å². The van der Waals surface area contributed by atoms with Gasteiger partial charge in [-0.2, -0.15) is 0 Å². The number of hydrogen-bond donors (Lipinski definition) is 1. The number of carbonyl (C=O) groups is 1. The van der Waals surface area contributed by atoms with Crippen LogP contribution in [-0.2, 0) is 9.53 Å². The molecule has 1 N–H and O–H groups in total. The van der Waals surface area contributed by atoms with Crippen LogP contribution in [0.3, 0.4) is 0 Å². The van der Waals surface area contributed by atoms with Crippen molar-refractivity contribution in [2.24, 2.45) is 0 Å². The predicted molar refractivity (Wildman–Crippen MR) is 59.3 cm³/mol. The summed E-state index contributed by atoms with van der Waals surface area (Å²) in [6, 6.07) is 5.54. The number of nitro groups is 1. The highest BCUT2D eigenvalue weighted by atomic mass is 16.6. The van der Waals surface area contributed by atoms with Crippen molar-refractivity contribution >= 4 is 11.7 Å². The standard InChI is InChI=1S/C11H13NO5/c1-2-17-11(14)7-10(13)8-4-3-5-9(6-8)12(15)16/h3-6,10,13H,2,7H2,1H3/t10-/m0/s1. The normalized spacial score (nSPS) is 11.9. The van der Waals surface area contributed by atoms with Gasteiger partial charge in [-0.3, -0.25) is 14.9 Å². The molecule has 0 saturated heterocycles. The van der Waals surface area contributed by atoms with Crippen LogP contribution in [0.4, 0.5) is 5.69 Å². The van der Waals surface area contributed by atoms with E-state index in [0.717, 1.165) is 0 Å². The van der Waals surface area contributed by atoms with Crippen molar-refractivity contribution < 1.29 is 19.6 Å². The third-order valence-corrected chi connectivity index (χ3v) is 2.13. The summed E-state index contributed by atoms with van der Waals surface area (Å²) in [7, 11) is 0. The molecule has 0 heterocycles. The van der Waals surface area contributed by atoms with Crippen molar-refractivity contribution in [2.45, 2.75) is 19.4 Å². The number of esters is 1. The summed E-state index contributed by atoms with van der Waals surface area (Å²) in [6.07, 6.45) is -1.30. The van der Waals surface area contributed by atoms with E-state index in [1.807, 2.05) is 0 Å². The smallest absolute Gasteiger partial charge is 0.308 e. The van der Waals surface area contributed by atoms with Crippen molar-refractivity contribution in [3.63, 3.8) is 0 Å². The monoisotopic (exact) mass is 239 g/mol. The molecule has 1 rings (SSSR count). The van der Waals surface area contributed by atoms with Gasteiger partial charge >= 0.3 is 5.97 Å². The Bertz CT molecular complexity index is 418. The first-order valence-electron chi connectivity index (χ1n) is 5.12. The lowest BCUT2D eigenvalue weighted by Gasteiger charge is -2.09. The van der Waals surface area contributed by atoms with Gasteiger partial charge < -0.3 is 9.84 Å². The van der Waals surface area contributed by atoms with Crippen molar-refractivity contribution in [1.82, 2.24) is 0 Å². The van der Waals surface area contributed by atoms with Crippen molar-refractivity contribution in [3.05, 3.63) is 39.9 Å². The molecule has 0 amide bonds. The number of nitro benzene ring substituents is 1. The van der Waals surface area contributed by atoms with Crippen molar-refractivity contribution in [3.8, 4) is 0 Å². The Kier molecular flexibility index (Phi) is 4.59. The molecule has 0 aliphatic rings. The minimum Gasteiger partial charge on any atom is -0.466 e. The summed E-state index contributed by atoms with van der Waals surface area (Å²) >= 11 is 0. The molecule has 0 fully saturated rings. The molecule has 6 nitrogen and oxygen atoms in total. The molecular formula is C11H13NO5. The number of non-ortho nitro benzene ring substituents is 1. The third-order valence-electron chi connectivity index (χ3n) is 2.13. The molecule has 92 valence electrons. The van der Waals surface area contributed by atoms with E-state index in [9.17, 15) is 20.0 Å². The van der Waals surface area contributed by atoms with Gasteiger partial charge in [0.05, 0.1) is 24.1 Å². The molecular weight excluding hydrogens is 226 g/mol. The molecule has 0 saturated carbocycles. The summed E-state index contributed by atoms with van der Waals surface area (Å²) in [5.74, 6) is -0.536. The van der Waals surface area contributed by atoms with Gasteiger partial charge in [0, 0.05) is 12.1 Å². The second-order valence-electron chi connectivity index (χ2n) is 3.38. The van der Waals surface area contributed by atoms with E-state index in [-0.39, 0.29) is 18.7 Å². The second kappa shape index (κ2) is 5.95. The lowest BCUT2D eigenvalue weighted by atomic mass is 10.1. The lowest BCUT2D eigenvalue weighted by molar-refractivity contribution is -0.385. The van der Waals surface area contributed by atoms with Crippen LogP contribution in [0.5, 0.6) is 0 Å². The number of rotatable bonds is 5. The van der Waals surface area contributed by atoms with Gasteiger partial charge in [0.25, 0.3) is 5.69 Å². The summed E-state index contributed by atoms with van der Waals surface area (Å²) in [6.45, 7) is 1.90. The number of benzene rings is 1. The zero-order valence-corrected chi connectivity index (χ0v) is 9.33. The van der Waals surface area contributed by atoms with E-state index < -0.39 is 17.0 Å². The maximum Gasteiger partial charge on any atom is 0.308 e. The van der Waals surface area contributed by atoms with Crippen LogP contribution < -0.4 is 0 Å². The van der Waals surface area contributed by atoms with E-state index in [1.54, 1.807) is 6.92 Å².